The van der Waals surface area contributed by atoms with Crippen molar-refractivity contribution in [3.63, 3.8) is 0 Å². The summed E-state index contributed by atoms with van der Waals surface area (Å²) >= 11 is 4.74. The monoisotopic (exact) mass is 402 g/mol. The van der Waals surface area contributed by atoms with E-state index in [-0.39, 0.29) is 6.61 Å². The van der Waals surface area contributed by atoms with E-state index in [0.717, 1.165) is 10.2 Å². The number of halogens is 1. The minimum atomic E-state index is -0.409. The standard InChI is InChI=1S/C16H11BrN4O2S/c17-12-13-11(4-2-5-19-13)24-14(12)16(22)23-8-7-21-15-10(9-18)3-1-6-20-15/h1-6H,7-8H2,(H,20,21). The lowest BCUT2D eigenvalue weighted by atomic mass is 10.3. The maximum absolute atomic E-state index is 12.2. The van der Waals surface area contributed by atoms with Gasteiger partial charge in [0.2, 0.25) is 0 Å². The second-order valence-corrected chi connectivity index (χ2v) is 6.51. The van der Waals surface area contributed by atoms with Gasteiger partial charge in [-0.1, -0.05) is 0 Å². The molecule has 24 heavy (non-hydrogen) atoms. The molecule has 0 radical (unpaired) electrons. The Morgan fingerprint density at radius 2 is 2.12 bits per heavy atom. The minimum Gasteiger partial charge on any atom is -0.460 e. The van der Waals surface area contributed by atoms with E-state index >= 15 is 0 Å². The van der Waals surface area contributed by atoms with Gasteiger partial charge in [0, 0.05) is 12.4 Å². The van der Waals surface area contributed by atoms with Gasteiger partial charge < -0.3 is 10.1 Å². The molecular weight excluding hydrogens is 392 g/mol. The molecule has 0 saturated heterocycles. The van der Waals surface area contributed by atoms with Gasteiger partial charge in [-0.05, 0) is 40.2 Å². The lowest BCUT2D eigenvalue weighted by molar-refractivity contribution is 0.0525. The molecule has 0 fully saturated rings. The molecule has 3 aromatic rings. The molecule has 0 saturated carbocycles. The second-order valence-electron chi connectivity index (χ2n) is 4.67. The van der Waals surface area contributed by atoms with Gasteiger partial charge in [-0.25, -0.2) is 9.78 Å². The van der Waals surface area contributed by atoms with Gasteiger partial charge in [-0.15, -0.1) is 11.3 Å². The van der Waals surface area contributed by atoms with Gasteiger partial charge >= 0.3 is 5.97 Å². The zero-order valence-corrected chi connectivity index (χ0v) is 14.7. The van der Waals surface area contributed by atoms with Crippen molar-refractivity contribution in [2.45, 2.75) is 0 Å². The van der Waals surface area contributed by atoms with Crippen LogP contribution in [0.25, 0.3) is 10.2 Å². The first-order chi connectivity index (χ1) is 11.7. The molecule has 120 valence electrons. The van der Waals surface area contributed by atoms with Crippen LogP contribution in [0.2, 0.25) is 0 Å². The average Bonchev–Trinajstić information content (AvgIpc) is 2.96. The Bertz CT molecular complexity index is 935. The summed E-state index contributed by atoms with van der Waals surface area (Å²) in [4.78, 5) is 21.0. The van der Waals surface area contributed by atoms with Gasteiger partial charge in [-0.3, -0.25) is 4.98 Å². The van der Waals surface area contributed by atoms with E-state index in [1.807, 2.05) is 18.2 Å². The summed E-state index contributed by atoms with van der Waals surface area (Å²) in [5.74, 6) is 0.0662. The summed E-state index contributed by atoms with van der Waals surface area (Å²) < 4.78 is 6.84. The van der Waals surface area contributed by atoms with E-state index in [1.165, 1.54) is 11.3 Å². The number of esters is 1. The normalized spacial score (nSPS) is 10.3. The maximum atomic E-state index is 12.2. The molecule has 0 amide bonds. The summed E-state index contributed by atoms with van der Waals surface area (Å²) in [7, 11) is 0. The fraction of sp³-hybridized carbons (Fsp3) is 0.125. The van der Waals surface area contributed by atoms with Crippen LogP contribution >= 0.6 is 27.3 Å². The highest BCUT2D eigenvalue weighted by Gasteiger charge is 2.18. The molecule has 0 aromatic carbocycles. The maximum Gasteiger partial charge on any atom is 0.349 e. The first-order valence-corrected chi connectivity index (χ1v) is 8.61. The number of carbonyl (C=O) groups excluding carboxylic acids is 1. The number of hydrogen-bond acceptors (Lipinski definition) is 7. The largest absolute Gasteiger partial charge is 0.460 e. The second kappa shape index (κ2) is 7.38. The van der Waals surface area contributed by atoms with Gasteiger partial charge in [0.25, 0.3) is 0 Å². The number of pyridine rings is 2. The Morgan fingerprint density at radius 1 is 1.33 bits per heavy atom. The highest BCUT2D eigenvalue weighted by molar-refractivity contribution is 9.10. The predicted molar refractivity (Wildman–Crippen MR) is 95.0 cm³/mol. The number of carbonyl (C=O) groups is 1. The van der Waals surface area contributed by atoms with Gasteiger partial charge in [0.05, 0.1) is 26.8 Å². The molecular formula is C16H11BrN4O2S. The van der Waals surface area contributed by atoms with Crippen LogP contribution in [-0.4, -0.2) is 29.1 Å². The summed E-state index contributed by atoms with van der Waals surface area (Å²) in [6.07, 6.45) is 3.27. The molecule has 0 atom stereocenters. The number of fused-ring (bicyclic) bond motifs is 1. The van der Waals surface area contributed by atoms with Crippen molar-refractivity contribution in [1.82, 2.24) is 9.97 Å². The number of nitriles is 1. The van der Waals surface area contributed by atoms with Gasteiger partial charge in [-0.2, -0.15) is 5.26 Å². The minimum absolute atomic E-state index is 0.161. The van der Waals surface area contributed by atoms with Crippen LogP contribution in [0.5, 0.6) is 0 Å². The van der Waals surface area contributed by atoms with Crippen molar-refractivity contribution < 1.29 is 9.53 Å². The topological polar surface area (TPSA) is 87.9 Å². The van der Waals surface area contributed by atoms with E-state index in [4.69, 9.17) is 10.00 Å². The Labute approximate surface area is 150 Å². The van der Waals surface area contributed by atoms with Crippen molar-refractivity contribution in [3.05, 3.63) is 51.6 Å². The van der Waals surface area contributed by atoms with Crippen LogP contribution in [0.15, 0.2) is 41.1 Å². The highest BCUT2D eigenvalue weighted by atomic mass is 79.9. The molecule has 6 nitrogen and oxygen atoms in total. The molecule has 0 unspecified atom stereocenters. The number of anilines is 1. The van der Waals surface area contributed by atoms with Gasteiger partial charge in [0.15, 0.2) is 0 Å². The van der Waals surface area contributed by atoms with Crippen LogP contribution in [0.3, 0.4) is 0 Å². The number of aromatic nitrogens is 2. The average molecular weight is 403 g/mol. The Morgan fingerprint density at radius 3 is 2.92 bits per heavy atom. The van der Waals surface area contributed by atoms with Crippen LogP contribution in [0.4, 0.5) is 5.82 Å². The zero-order chi connectivity index (χ0) is 16.9. The van der Waals surface area contributed by atoms with E-state index in [2.05, 4.69) is 31.2 Å². The van der Waals surface area contributed by atoms with Crippen molar-refractivity contribution in [3.8, 4) is 6.07 Å². The zero-order valence-electron chi connectivity index (χ0n) is 12.3. The third kappa shape index (κ3) is 3.37. The number of nitrogens with zero attached hydrogens (tertiary/aromatic N) is 3. The quantitative estimate of drug-likeness (QED) is 0.518. The Hall–Kier alpha value is -2.50. The molecule has 0 bridgehead atoms. The van der Waals surface area contributed by atoms with E-state index < -0.39 is 5.97 Å². The van der Waals surface area contributed by atoms with E-state index in [1.54, 1.807) is 24.5 Å². The Kier molecular flexibility index (Phi) is 5.03. The number of hydrogen-bond donors (Lipinski definition) is 1. The lowest BCUT2D eigenvalue weighted by Gasteiger charge is -2.07. The molecule has 3 aromatic heterocycles. The molecule has 3 heterocycles. The molecule has 3 rings (SSSR count). The molecule has 8 heteroatoms. The fourth-order valence-corrected chi connectivity index (χ4v) is 3.84. The molecule has 1 N–H and O–H groups in total. The number of rotatable bonds is 5. The fourth-order valence-electron chi connectivity index (χ4n) is 2.05. The van der Waals surface area contributed by atoms with E-state index in [0.29, 0.717) is 27.3 Å². The third-order valence-corrected chi connectivity index (χ3v) is 5.29. The van der Waals surface area contributed by atoms with Crippen LogP contribution in [0, 0.1) is 11.3 Å². The molecule has 0 aliphatic carbocycles. The summed E-state index contributed by atoms with van der Waals surface area (Å²) in [6.45, 7) is 0.520. The van der Waals surface area contributed by atoms with Crippen molar-refractivity contribution in [2.24, 2.45) is 0 Å². The first kappa shape index (κ1) is 16.4. The van der Waals surface area contributed by atoms with E-state index in [9.17, 15) is 4.79 Å². The predicted octanol–water partition coefficient (Wildman–Crippen LogP) is 3.59. The smallest absolute Gasteiger partial charge is 0.349 e. The van der Waals surface area contributed by atoms with Crippen LogP contribution < -0.4 is 5.32 Å². The lowest BCUT2D eigenvalue weighted by Crippen LogP contribution is -2.14. The summed E-state index contributed by atoms with van der Waals surface area (Å²) in [5.41, 5.74) is 1.20. The first-order valence-electron chi connectivity index (χ1n) is 7.00. The van der Waals surface area contributed by atoms with Crippen LogP contribution in [-0.2, 0) is 4.74 Å². The summed E-state index contributed by atoms with van der Waals surface area (Å²) in [6, 6.07) is 9.14. The number of nitrogens with one attached hydrogen (secondary N) is 1. The summed E-state index contributed by atoms with van der Waals surface area (Å²) in [5, 5.41) is 12.0. The third-order valence-electron chi connectivity index (χ3n) is 3.13. The molecule has 0 aliphatic heterocycles. The van der Waals surface area contributed by atoms with Crippen molar-refractivity contribution in [2.75, 3.05) is 18.5 Å². The van der Waals surface area contributed by atoms with Crippen molar-refractivity contribution in [1.29, 1.82) is 5.26 Å². The SMILES string of the molecule is N#Cc1cccnc1NCCOC(=O)c1sc2cccnc2c1Br. The Balaban J connectivity index is 1.59. The van der Waals surface area contributed by atoms with Crippen LogP contribution in [0.1, 0.15) is 15.2 Å². The highest BCUT2D eigenvalue weighted by Crippen LogP contribution is 2.34. The van der Waals surface area contributed by atoms with Crippen molar-refractivity contribution >= 4 is 49.3 Å². The number of thiophene rings is 1. The molecule has 0 aliphatic rings. The van der Waals surface area contributed by atoms with Gasteiger partial charge in [0.1, 0.15) is 23.4 Å². The number of ether oxygens (including phenoxy) is 1. The molecule has 0 spiro atoms.